The first-order valence-electron chi connectivity index (χ1n) is 4.45. The summed E-state index contributed by atoms with van der Waals surface area (Å²) in [6.45, 7) is 5.08. The summed E-state index contributed by atoms with van der Waals surface area (Å²) in [6.07, 6.45) is 3.70. The van der Waals surface area contributed by atoms with E-state index in [0.717, 1.165) is 18.5 Å². The van der Waals surface area contributed by atoms with Crippen LogP contribution in [0.4, 0.5) is 0 Å². The third-order valence-electron chi connectivity index (χ3n) is 1.80. The number of H-pyrrole nitrogens is 1. The molecule has 1 heterocycles. The monoisotopic (exact) mass is 167 g/mol. The van der Waals surface area contributed by atoms with Gasteiger partial charge in [0.15, 0.2) is 0 Å². The molecule has 0 amide bonds. The summed E-state index contributed by atoms with van der Waals surface area (Å²) in [5.41, 5.74) is 7.84. The summed E-state index contributed by atoms with van der Waals surface area (Å²) in [5, 5.41) is 0. The second-order valence-corrected chi connectivity index (χ2v) is 3.46. The Morgan fingerprint density at radius 1 is 1.58 bits per heavy atom. The van der Waals surface area contributed by atoms with Crippen molar-refractivity contribution in [3.05, 3.63) is 17.7 Å². The van der Waals surface area contributed by atoms with Crippen molar-refractivity contribution in [3.8, 4) is 0 Å². The standard InChI is InChI=1S/C9H17N3/c1-7(2)5-9-8(3-4-10)11-6-12-9/h6-7H,3-5,10H2,1-2H3,(H,11,12). The number of nitrogens with two attached hydrogens (primary N) is 1. The summed E-state index contributed by atoms with van der Waals surface area (Å²) in [4.78, 5) is 7.38. The van der Waals surface area contributed by atoms with Crippen LogP contribution >= 0.6 is 0 Å². The van der Waals surface area contributed by atoms with Gasteiger partial charge in [-0.2, -0.15) is 0 Å². The molecule has 1 aromatic heterocycles. The van der Waals surface area contributed by atoms with Crippen molar-refractivity contribution in [3.63, 3.8) is 0 Å². The van der Waals surface area contributed by atoms with Crippen LogP contribution < -0.4 is 5.73 Å². The van der Waals surface area contributed by atoms with Crippen LogP contribution in [0.3, 0.4) is 0 Å². The Hall–Kier alpha value is -0.830. The van der Waals surface area contributed by atoms with Gasteiger partial charge in [-0.15, -0.1) is 0 Å². The third kappa shape index (κ3) is 2.34. The number of hydrogen-bond acceptors (Lipinski definition) is 2. The van der Waals surface area contributed by atoms with Crippen LogP contribution in [0.15, 0.2) is 6.33 Å². The lowest BCUT2D eigenvalue weighted by Crippen LogP contribution is -2.06. The van der Waals surface area contributed by atoms with Crippen molar-refractivity contribution >= 4 is 0 Å². The SMILES string of the molecule is CC(C)Cc1[nH]cnc1CCN. The van der Waals surface area contributed by atoms with Crippen LogP contribution in [-0.4, -0.2) is 16.5 Å². The fraction of sp³-hybridized carbons (Fsp3) is 0.667. The number of aromatic nitrogens is 2. The molecule has 1 rings (SSSR count). The van der Waals surface area contributed by atoms with Crippen LogP contribution in [0.5, 0.6) is 0 Å². The van der Waals surface area contributed by atoms with Gasteiger partial charge in [-0.25, -0.2) is 4.98 Å². The molecule has 0 radical (unpaired) electrons. The van der Waals surface area contributed by atoms with E-state index in [0.29, 0.717) is 12.5 Å². The lowest BCUT2D eigenvalue weighted by Gasteiger charge is -2.03. The largest absolute Gasteiger partial charge is 0.348 e. The maximum atomic E-state index is 5.47. The number of aromatic amines is 1. The lowest BCUT2D eigenvalue weighted by atomic mass is 10.1. The van der Waals surface area contributed by atoms with E-state index < -0.39 is 0 Å². The van der Waals surface area contributed by atoms with Crippen LogP contribution in [0.2, 0.25) is 0 Å². The van der Waals surface area contributed by atoms with Crippen LogP contribution in [0, 0.1) is 5.92 Å². The molecule has 0 aromatic carbocycles. The molecule has 3 heteroatoms. The summed E-state index contributed by atoms with van der Waals surface area (Å²) >= 11 is 0. The molecule has 12 heavy (non-hydrogen) atoms. The summed E-state index contributed by atoms with van der Waals surface area (Å²) in [7, 11) is 0. The topological polar surface area (TPSA) is 54.7 Å². The molecule has 0 fully saturated rings. The molecule has 1 aromatic rings. The first-order valence-corrected chi connectivity index (χ1v) is 4.45. The average molecular weight is 167 g/mol. The highest BCUT2D eigenvalue weighted by Crippen LogP contribution is 2.09. The summed E-state index contributed by atoms with van der Waals surface area (Å²) in [5.74, 6) is 0.668. The predicted octanol–water partition coefficient (Wildman–Crippen LogP) is 1.11. The Morgan fingerprint density at radius 3 is 2.92 bits per heavy atom. The van der Waals surface area contributed by atoms with Gasteiger partial charge in [0.1, 0.15) is 0 Å². The average Bonchev–Trinajstić information content (AvgIpc) is 2.37. The van der Waals surface area contributed by atoms with Crippen molar-refractivity contribution in [1.29, 1.82) is 0 Å². The van der Waals surface area contributed by atoms with Crippen molar-refractivity contribution in [2.75, 3.05) is 6.54 Å². The minimum Gasteiger partial charge on any atom is -0.348 e. The zero-order valence-electron chi connectivity index (χ0n) is 7.80. The first kappa shape index (κ1) is 9.26. The minimum atomic E-state index is 0.668. The minimum absolute atomic E-state index is 0.668. The molecule has 0 aliphatic rings. The van der Waals surface area contributed by atoms with E-state index in [4.69, 9.17) is 5.73 Å². The molecule has 3 nitrogen and oxygen atoms in total. The molecule has 0 saturated carbocycles. The van der Waals surface area contributed by atoms with Crippen molar-refractivity contribution < 1.29 is 0 Å². The fourth-order valence-electron chi connectivity index (χ4n) is 1.29. The van der Waals surface area contributed by atoms with Gasteiger partial charge in [-0.05, 0) is 18.9 Å². The van der Waals surface area contributed by atoms with E-state index in [1.165, 1.54) is 5.69 Å². The van der Waals surface area contributed by atoms with E-state index in [-0.39, 0.29) is 0 Å². The predicted molar refractivity (Wildman–Crippen MR) is 49.9 cm³/mol. The molecule has 0 bridgehead atoms. The van der Waals surface area contributed by atoms with E-state index in [9.17, 15) is 0 Å². The normalized spacial score (nSPS) is 11.0. The fourth-order valence-corrected chi connectivity index (χ4v) is 1.29. The van der Waals surface area contributed by atoms with Gasteiger partial charge < -0.3 is 10.7 Å². The first-order chi connectivity index (χ1) is 5.74. The lowest BCUT2D eigenvalue weighted by molar-refractivity contribution is 0.632. The molecular formula is C9H17N3. The smallest absolute Gasteiger partial charge is 0.0925 e. The molecule has 0 saturated heterocycles. The number of imidazole rings is 1. The van der Waals surface area contributed by atoms with Crippen LogP contribution in [0.1, 0.15) is 25.2 Å². The molecule has 0 aliphatic carbocycles. The molecule has 0 atom stereocenters. The molecule has 0 spiro atoms. The van der Waals surface area contributed by atoms with Crippen LogP contribution in [0.25, 0.3) is 0 Å². The maximum Gasteiger partial charge on any atom is 0.0925 e. The zero-order chi connectivity index (χ0) is 8.97. The van der Waals surface area contributed by atoms with Gasteiger partial charge in [0.25, 0.3) is 0 Å². The van der Waals surface area contributed by atoms with Crippen LogP contribution in [-0.2, 0) is 12.8 Å². The molecule has 0 unspecified atom stereocenters. The summed E-state index contributed by atoms with van der Waals surface area (Å²) in [6, 6.07) is 0. The highest BCUT2D eigenvalue weighted by molar-refractivity contribution is 5.11. The Balaban J connectivity index is 2.63. The Morgan fingerprint density at radius 2 is 2.33 bits per heavy atom. The van der Waals surface area contributed by atoms with E-state index in [1.807, 2.05) is 0 Å². The van der Waals surface area contributed by atoms with Crippen molar-refractivity contribution in [1.82, 2.24) is 9.97 Å². The summed E-state index contributed by atoms with van der Waals surface area (Å²) < 4.78 is 0. The Kier molecular flexibility index (Phi) is 3.29. The second kappa shape index (κ2) is 4.26. The number of hydrogen-bond donors (Lipinski definition) is 2. The molecular weight excluding hydrogens is 150 g/mol. The van der Waals surface area contributed by atoms with Crippen molar-refractivity contribution in [2.24, 2.45) is 11.7 Å². The van der Waals surface area contributed by atoms with E-state index in [1.54, 1.807) is 6.33 Å². The van der Waals surface area contributed by atoms with Gasteiger partial charge in [0.05, 0.1) is 12.0 Å². The van der Waals surface area contributed by atoms with Gasteiger partial charge in [-0.1, -0.05) is 13.8 Å². The van der Waals surface area contributed by atoms with E-state index >= 15 is 0 Å². The maximum absolute atomic E-state index is 5.47. The molecule has 0 aliphatic heterocycles. The van der Waals surface area contributed by atoms with Gasteiger partial charge in [0, 0.05) is 12.1 Å². The zero-order valence-corrected chi connectivity index (χ0v) is 7.80. The number of nitrogens with one attached hydrogen (secondary N) is 1. The highest BCUT2D eigenvalue weighted by atomic mass is 14.9. The number of rotatable bonds is 4. The van der Waals surface area contributed by atoms with Gasteiger partial charge in [-0.3, -0.25) is 0 Å². The van der Waals surface area contributed by atoms with Gasteiger partial charge in [0.2, 0.25) is 0 Å². The quantitative estimate of drug-likeness (QED) is 0.705. The number of nitrogens with zero attached hydrogens (tertiary/aromatic N) is 1. The second-order valence-electron chi connectivity index (χ2n) is 3.46. The van der Waals surface area contributed by atoms with E-state index in [2.05, 4.69) is 23.8 Å². The molecule has 68 valence electrons. The Labute approximate surface area is 73.4 Å². The Bertz CT molecular complexity index is 227. The van der Waals surface area contributed by atoms with Gasteiger partial charge >= 0.3 is 0 Å². The molecule has 3 N–H and O–H groups in total. The highest BCUT2D eigenvalue weighted by Gasteiger charge is 2.05. The third-order valence-corrected chi connectivity index (χ3v) is 1.80. The van der Waals surface area contributed by atoms with Crippen molar-refractivity contribution in [2.45, 2.75) is 26.7 Å².